The molecule has 0 aromatic rings. The molecule has 0 saturated heterocycles. The molecule has 2 rings (SSSR count). The fraction of sp³-hybridized carbons (Fsp3) is 1.00. The Labute approximate surface area is 113 Å². The first kappa shape index (κ1) is 14.3. The molecule has 0 bridgehead atoms. The Morgan fingerprint density at radius 1 is 0.944 bits per heavy atom. The van der Waals surface area contributed by atoms with E-state index >= 15 is 0 Å². The molecule has 0 aliphatic heterocycles. The van der Waals surface area contributed by atoms with Crippen molar-refractivity contribution in [3.05, 3.63) is 0 Å². The molecule has 106 valence electrons. The second-order valence-corrected chi connectivity index (χ2v) is 6.94. The minimum atomic E-state index is -0.0114. The van der Waals surface area contributed by atoms with Gasteiger partial charge < -0.3 is 10.4 Å². The molecular formula is C16H31NO. The number of hydrogen-bond acceptors (Lipinski definition) is 2. The summed E-state index contributed by atoms with van der Waals surface area (Å²) in [6.45, 7) is 5.92. The highest BCUT2D eigenvalue weighted by Gasteiger charge is 2.24. The van der Waals surface area contributed by atoms with E-state index in [9.17, 15) is 5.11 Å². The average molecular weight is 253 g/mol. The van der Waals surface area contributed by atoms with Crippen molar-refractivity contribution in [2.45, 2.75) is 77.4 Å². The Balaban J connectivity index is 1.60. The van der Waals surface area contributed by atoms with Crippen LogP contribution in [0.25, 0.3) is 0 Å². The second kappa shape index (κ2) is 6.91. The van der Waals surface area contributed by atoms with Gasteiger partial charge in [-0.2, -0.15) is 0 Å². The SMILES string of the molecule is CC(C)C1CCC(NCC2CCC(O)CC2)CC1. The van der Waals surface area contributed by atoms with E-state index in [0.29, 0.717) is 0 Å². The van der Waals surface area contributed by atoms with Crippen molar-refractivity contribution in [3.8, 4) is 0 Å². The van der Waals surface area contributed by atoms with Gasteiger partial charge in [-0.3, -0.25) is 0 Å². The molecule has 2 fully saturated rings. The van der Waals surface area contributed by atoms with E-state index in [-0.39, 0.29) is 6.10 Å². The number of aliphatic hydroxyl groups excluding tert-OH is 1. The van der Waals surface area contributed by atoms with Gasteiger partial charge in [-0.15, -0.1) is 0 Å². The molecule has 2 aliphatic rings. The van der Waals surface area contributed by atoms with Crippen LogP contribution in [-0.4, -0.2) is 23.8 Å². The average Bonchev–Trinajstić information content (AvgIpc) is 2.38. The molecule has 0 unspecified atom stereocenters. The van der Waals surface area contributed by atoms with Gasteiger partial charge in [0.05, 0.1) is 6.10 Å². The predicted molar refractivity (Wildman–Crippen MR) is 76.6 cm³/mol. The van der Waals surface area contributed by atoms with Crippen LogP contribution in [0.15, 0.2) is 0 Å². The quantitative estimate of drug-likeness (QED) is 0.805. The van der Waals surface area contributed by atoms with E-state index in [2.05, 4.69) is 19.2 Å². The van der Waals surface area contributed by atoms with Gasteiger partial charge in [0.2, 0.25) is 0 Å². The normalized spacial score (nSPS) is 38.0. The third kappa shape index (κ3) is 4.24. The van der Waals surface area contributed by atoms with Gasteiger partial charge in [0.1, 0.15) is 0 Å². The zero-order chi connectivity index (χ0) is 13.0. The van der Waals surface area contributed by atoms with Crippen molar-refractivity contribution in [3.63, 3.8) is 0 Å². The topological polar surface area (TPSA) is 32.3 Å². The molecule has 0 heterocycles. The maximum Gasteiger partial charge on any atom is 0.0540 e. The van der Waals surface area contributed by atoms with Crippen LogP contribution in [0.3, 0.4) is 0 Å². The standard InChI is InChI=1S/C16H31NO/c1-12(2)14-5-7-15(8-6-14)17-11-13-3-9-16(18)10-4-13/h12-18H,3-11H2,1-2H3. The van der Waals surface area contributed by atoms with Crippen LogP contribution in [0.2, 0.25) is 0 Å². The maximum absolute atomic E-state index is 9.50. The van der Waals surface area contributed by atoms with Gasteiger partial charge in [-0.25, -0.2) is 0 Å². The fourth-order valence-corrected chi connectivity index (χ4v) is 3.67. The number of rotatable bonds is 4. The monoisotopic (exact) mass is 253 g/mol. The van der Waals surface area contributed by atoms with Gasteiger partial charge in [-0.05, 0) is 75.7 Å². The highest BCUT2D eigenvalue weighted by Crippen LogP contribution is 2.30. The number of nitrogens with one attached hydrogen (secondary N) is 1. The third-order valence-corrected chi connectivity index (χ3v) is 5.23. The Morgan fingerprint density at radius 2 is 1.56 bits per heavy atom. The van der Waals surface area contributed by atoms with Crippen LogP contribution >= 0.6 is 0 Å². The van der Waals surface area contributed by atoms with Crippen molar-refractivity contribution in [1.29, 1.82) is 0 Å². The van der Waals surface area contributed by atoms with E-state index in [1.807, 2.05) is 0 Å². The molecule has 0 spiro atoms. The molecule has 2 N–H and O–H groups in total. The molecule has 2 nitrogen and oxygen atoms in total. The zero-order valence-corrected chi connectivity index (χ0v) is 12.2. The minimum Gasteiger partial charge on any atom is -0.393 e. The Kier molecular flexibility index (Phi) is 5.50. The lowest BCUT2D eigenvalue weighted by molar-refractivity contribution is 0.106. The summed E-state index contributed by atoms with van der Waals surface area (Å²) in [6, 6.07) is 0.770. The molecule has 0 amide bonds. The maximum atomic E-state index is 9.50. The largest absolute Gasteiger partial charge is 0.393 e. The first-order valence-electron chi connectivity index (χ1n) is 8.06. The van der Waals surface area contributed by atoms with Crippen molar-refractivity contribution >= 4 is 0 Å². The third-order valence-electron chi connectivity index (χ3n) is 5.23. The van der Waals surface area contributed by atoms with Crippen molar-refractivity contribution in [2.24, 2.45) is 17.8 Å². The summed E-state index contributed by atoms with van der Waals surface area (Å²) in [7, 11) is 0. The van der Waals surface area contributed by atoms with E-state index in [0.717, 1.165) is 36.6 Å². The first-order chi connectivity index (χ1) is 8.65. The van der Waals surface area contributed by atoms with Crippen molar-refractivity contribution in [2.75, 3.05) is 6.54 Å². The lowest BCUT2D eigenvalue weighted by Gasteiger charge is -2.33. The molecule has 0 atom stereocenters. The highest BCUT2D eigenvalue weighted by molar-refractivity contribution is 4.80. The van der Waals surface area contributed by atoms with Crippen LogP contribution in [0.1, 0.15) is 65.2 Å². The predicted octanol–water partition coefficient (Wildman–Crippen LogP) is 3.34. The zero-order valence-electron chi connectivity index (χ0n) is 12.2. The molecule has 0 aromatic carbocycles. The molecule has 18 heavy (non-hydrogen) atoms. The van der Waals surface area contributed by atoms with E-state index in [1.54, 1.807) is 0 Å². The Morgan fingerprint density at radius 3 is 2.11 bits per heavy atom. The summed E-state index contributed by atoms with van der Waals surface area (Å²) >= 11 is 0. The molecule has 2 heteroatoms. The Hall–Kier alpha value is -0.0800. The minimum absolute atomic E-state index is 0.0114. The smallest absolute Gasteiger partial charge is 0.0540 e. The summed E-state index contributed by atoms with van der Waals surface area (Å²) in [4.78, 5) is 0. The van der Waals surface area contributed by atoms with Crippen molar-refractivity contribution in [1.82, 2.24) is 5.32 Å². The van der Waals surface area contributed by atoms with Gasteiger partial charge in [0, 0.05) is 6.04 Å². The summed E-state index contributed by atoms with van der Waals surface area (Å²) in [5, 5.41) is 13.3. The lowest BCUT2D eigenvalue weighted by atomic mass is 9.79. The lowest BCUT2D eigenvalue weighted by Crippen LogP contribution is -2.38. The number of aliphatic hydroxyl groups is 1. The van der Waals surface area contributed by atoms with Crippen molar-refractivity contribution < 1.29 is 5.11 Å². The summed E-state index contributed by atoms with van der Waals surface area (Å²) in [6.07, 6.45) is 10.0. The van der Waals surface area contributed by atoms with Crippen LogP contribution in [0.5, 0.6) is 0 Å². The first-order valence-corrected chi connectivity index (χ1v) is 8.06. The molecule has 0 radical (unpaired) electrons. The van der Waals surface area contributed by atoms with Crippen LogP contribution in [-0.2, 0) is 0 Å². The van der Waals surface area contributed by atoms with Crippen LogP contribution in [0.4, 0.5) is 0 Å². The van der Waals surface area contributed by atoms with Gasteiger partial charge in [-0.1, -0.05) is 13.8 Å². The highest BCUT2D eigenvalue weighted by atomic mass is 16.3. The summed E-state index contributed by atoms with van der Waals surface area (Å²) in [5.41, 5.74) is 0. The van der Waals surface area contributed by atoms with E-state index < -0.39 is 0 Å². The fourth-order valence-electron chi connectivity index (χ4n) is 3.67. The Bertz CT molecular complexity index is 225. The molecular weight excluding hydrogens is 222 g/mol. The van der Waals surface area contributed by atoms with E-state index in [1.165, 1.54) is 45.1 Å². The molecule has 0 aromatic heterocycles. The second-order valence-electron chi connectivity index (χ2n) is 6.94. The molecule has 2 aliphatic carbocycles. The summed E-state index contributed by atoms with van der Waals surface area (Å²) < 4.78 is 0. The van der Waals surface area contributed by atoms with Crippen LogP contribution in [0, 0.1) is 17.8 Å². The van der Waals surface area contributed by atoms with E-state index in [4.69, 9.17) is 0 Å². The number of hydrogen-bond donors (Lipinski definition) is 2. The van der Waals surface area contributed by atoms with Gasteiger partial charge in [0.25, 0.3) is 0 Å². The van der Waals surface area contributed by atoms with Crippen LogP contribution < -0.4 is 5.32 Å². The van der Waals surface area contributed by atoms with Gasteiger partial charge in [0.15, 0.2) is 0 Å². The summed E-state index contributed by atoms with van der Waals surface area (Å²) in [5.74, 6) is 2.65. The van der Waals surface area contributed by atoms with Gasteiger partial charge >= 0.3 is 0 Å². The molecule has 2 saturated carbocycles.